The van der Waals surface area contributed by atoms with Crippen molar-refractivity contribution in [2.75, 3.05) is 0 Å². The highest BCUT2D eigenvalue weighted by Crippen LogP contribution is 2.32. The van der Waals surface area contributed by atoms with Crippen LogP contribution in [0, 0.1) is 0 Å². The fourth-order valence-electron chi connectivity index (χ4n) is 2.06. The number of hydrogen-bond donors (Lipinski definition) is 2. The van der Waals surface area contributed by atoms with Gasteiger partial charge >= 0.3 is 0 Å². The highest BCUT2D eigenvalue weighted by molar-refractivity contribution is 5.37. The van der Waals surface area contributed by atoms with Gasteiger partial charge in [-0.05, 0) is 35.4 Å². The highest BCUT2D eigenvalue weighted by Gasteiger charge is 2.17. The molecule has 1 unspecified atom stereocenters. The molecule has 1 aliphatic carbocycles. The summed E-state index contributed by atoms with van der Waals surface area (Å²) in [6, 6.07) is 6.47. The summed E-state index contributed by atoms with van der Waals surface area (Å²) in [6.07, 6.45) is 2.48. The Hall–Kier alpha value is -0.860. The fraction of sp³-hybridized carbons (Fsp3) is 0.455. The van der Waals surface area contributed by atoms with Crippen LogP contribution in [0.3, 0.4) is 0 Å². The van der Waals surface area contributed by atoms with Gasteiger partial charge in [0.05, 0.1) is 0 Å². The van der Waals surface area contributed by atoms with Crippen molar-refractivity contribution in [2.45, 2.75) is 32.2 Å². The van der Waals surface area contributed by atoms with Crippen molar-refractivity contribution < 1.29 is 5.21 Å². The number of nitrogens with one attached hydrogen (secondary N) is 1. The van der Waals surface area contributed by atoms with Crippen LogP contribution in [0.4, 0.5) is 0 Å². The summed E-state index contributed by atoms with van der Waals surface area (Å²) in [7, 11) is 0. The normalized spacial score (nSPS) is 20.3. The molecule has 13 heavy (non-hydrogen) atoms. The molecule has 0 fully saturated rings. The maximum Gasteiger partial charge on any atom is 0.0458 e. The van der Waals surface area contributed by atoms with Gasteiger partial charge in [-0.15, -0.1) is 0 Å². The maximum atomic E-state index is 8.58. The minimum Gasteiger partial charge on any atom is -0.316 e. The highest BCUT2D eigenvalue weighted by atomic mass is 16.5. The van der Waals surface area contributed by atoms with E-state index in [0.717, 1.165) is 5.56 Å². The van der Waals surface area contributed by atoms with E-state index in [2.05, 4.69) is 30.6 Å². The third kappa shape index (κ3) is 1.60. The van der Waals surface area contributed by atoms with Gasteiger partial charge in [0, 0.05) is 6.54 Å². The molecular formula is C11H15NO. The summed E-state index contributed by atoms with van der Waals surface area (Å²) in [5.41, 5.74) is 6.30. The Bertz CT molecular complexity index is 309. The van der Waals surface area contributed by atoms with Gasteiger partial charge in [-0.25, -0.2) is 5.48 Å². The lowest BCUT2D eigenvalue weighted by Gasteiger charge is -2.06. The third-order valence-corrected chi connectivity index (χ3v) is 2.87. The average molecular weight is 177 g/mol. The number of hydroxylamine groups is 1. The summed E-state index contributed by atoms with van der Waals surface area (Å²) in [5, 5.41) is 8.58. The number of hydrogen-bond acceptors (Lipinski definition) is 2. The topological polar surface area (TPSA) is 32.3 Å². The molecule has 2 N–H and O–H groups in total. The van der Waals surface area contributed by atoms with Gasteiger partial charge in [0.25, 0.3) is 0 Å². The van der Waals surface area contributed by atoms with Crippen LogP contribution in [-0.4, -0.2) is 5.21 Å². The Balaban J connectivity index is 2.31. The van der Waals surface area contributed by atoms with Crippen LogP contribution in [0.25, 0.3) is 0 Å². The first-order valence-electron chi connectivity index (χ1n) is 4.80. The van der Waals surface area contributed by atoms with E-state index in [1.165, 1.54) is 24.0 Å². The lowest BCUT2D eigenvalue weighted by atomic mass is 10.0. The Kier molecular flexibility index (Phi) is 2.34. The Morgan fingerprint density at radius 3 is 3.15 bits per heavy atom. The van der Waals surface area contributed by atoms with E-state index in [-0.39, 0.29) is 0 Å². The molecule has 2 nitrogen and oxygen atoms in total. The van der Waals surface area contributed by atoms with Gasteiger partial charge in [0.15, 0.2) is 0 Å². The molecule has 0 spiro atoms. The SMILES string of the molecule is CC1CCc2ccc(CNO)cc21. The zero-order chi connectivity index (χ0) is 9.26. The molecule has 1 aromatic carbocycles. The molecule has 0 aliphatic heterocycles. The van der Waals surface area contributed by atoms with Crippen LogP contribution in [0.15, 0.2) is 18.2 Å². The summed E-state index contributed by atoms with van der Waals surface area (Å²) in [6.45, 7) is 2.81. The lowest BCUT2D eigenvalue weighted by Crippen LogP contribution is -2.06. The fourth-order valence-corrected chi connectivity index (χ4v) is 2.06. The second-order valence-corrected chi connectivity index (χ2v) is 3.81. The van der Waals surface area contributed by atoms with E-state index in [9.17, 15) is 0 Å². The Morgan fingerprint density at radius 2 is 2.38 bits per heavy atom. The standard InChI is InChI=1S/C11H15NO/c1-8-2-4-10-5-3-9(7-12-13)6-11(8)10/h3,5-6,8,12-13H,2,4,7H2,1H3. The first-order chi connectivity index (χ1) is 6.31. The predicted octanol–water partition coefficient (Wildman–Crippen LogP) is 2.22. The monoisotopic (exact) mass is 177 g/mol. The summed E-state index contributed by atoms with van der Waals surface area (Å²) >= 11 is 0. The average Bonchev–Trinajstić information content (AvgIpc) is 2.49. The molecule has 2 heteroatoms. The molecule has 1 atom stereocenters. The largest absolute Gasteiger partial charge is 0.316 e. The lowest BCUT2D eigenvalue weighted by molar-refractivity contribution is 0.161. The van der Waals surface area contributed by atoms with E-state index in [1.807, 2.05) is 0 Å². The zero-order valence-corrected chi connectivity index (χ0v) is 7.88. The smallest absolute Gasteiger partial charge is 0.0458 e. The first-order valence-corrected chi connectivity index (χ1v) is 4.80. The molecule has 70 valence electrons. The quantitative estimate of drug-likeness (QED) is 0.679. The van der Waals surface area contributed by atoms with Gasteiger partial charge in [-0.2, -0.15) is 0 Å². The van der Waals surface area contributed by atoms with Crippen molar-refractivity contribution >= 4 is 0 Å². The number of benzene rings is 1. The first kappa shape index (κ1) is 8.73. The van der Waals surface area contributed by atoms with Crippen LogP contribution in [0.1, 0.15) is 36.0 Å². The molecule has 0 saturated carbocycles. The summed E-state index contributed by atoms with van der Waals surface area (Å²) in [5.74, 6) is 0.689. The van der Waals surface area contributed by atoms with Crippen LogP contribution in [0.5, 0.6) is 0 Å². The minimum atomic E-state index is 0.542. The second kappa shape index (κ2) is 3.48. The maximum absolute atomic E-state index is 8.58. The molecule has 0 amide bonds. The zero-order valence-electron chi connectivity index (χ0n) is 7.88. The third-order valence-electron chi connectivity index (χ3n) is 2.87. The van der Waals surface area contributed by atoms with Crippen LogP contribution in [0.2, 0.25) is 0 Å². The molecule has 0 aromatic heterocycles. The molecule has 2 rings (SSSR count). The van der Waals surface area contributed by atoms with Crippen molar-refractivity contribution in [3.8, 4) is 0 Å². The van der Waals surface area contributed by atoms with Gasteiger partial charge in [0.2, 0.25) is 0 Å². The van der Waals surface area contributed by atoms with Crippen LogP contribution in [-0.2, 0) is 13.0 Å². The summed E-state index contributed by atoms with van der Waals surface area (Å²) in [4.78, 5) is 0. The van der Waals surface area contributed by atoms with Gasteiger partial charge in [-0.1, -0.05) is 25.1 Å². The number of aryl methyl sites for hydroxylation is 1. The minimum absolute atomic E-state index is 0.542. The second-order valence-electron chi connectivity index (χ2n) is 3.81. The summed E-state index contributed by atoms with van der Waals surface area (Å²) < 4.78 is 0. The van der Waals surface area contributed by atoms with E-state index >= 15 is 0 Å². The van der Waals surface area contributed by atoms with Gasteiger partial charge in [0.1, 0.15) is 0 Å². The van der Waals surface area contributed by atoms with E-state index in [1.54, 1.807) is 0 Å². The molecule has 1 aliphatic rings. The van der Waals surface area contributed by atoms with Gasteiger partial charge in [-0.3, -0.25) is 0 Å². The molecule has 0 heterocycles. The van der Waals surface area contributed by atoms with E-state index in [4.69, 9.17) is 5.21 Å². The number of rotatable bonds is 2. The van der Waals surface area contributed by atoms with Gasteiger partial charge < -0.3 is 5.21 Å². The van der Waals surface area contributed by atoms with E-state index in [0.29, 0.717) is 12.5 Å². The van der Waals surface area contributed by atoms with Crippen molar-refractivity contribution in [1.82, 2.24) is 5.48 Å². The Labute approximate surface area is 78.5 Å². The van der Waals surface area contributed by atoms with Crippen molar-refractivity contribution in [3.63, 3.8) is 0 Å². The molecule has 1 aromatic rings. The van der Waals surface area contributed by atoms with Crippen molar-refractivity contribution in [3.05, 3.63) is 34.9 Å². The molecule has 0 radical (unpaired) electrons. The number of fused-ring (bicyclic) bond motifs is 1. The molecule has 0 bridgehead atoms. The Morgan fingerprint density at radius 1 is 1.54 bits per heavy atom. The van der Waals surface area contributed by atoms with Crippen molar-refractivity contribution in [2.24, 2.45) is 0 Å². The van der Waals surface area contributed by atoms with Crippen molar-refractivity contribution in [1.29, 1.82) is 0 Å². The molecular weight excluding hydrogens is 162 g/mol. The van der Waals surface area contributed by atoms with E-state index < -0.39 is 0 Å². The predicted molar refractivity (Wildman–Crippen MR) is 51.8 cm³/mol. The van der Waals surface area contributed by atoms with Crippen LogP contribution >= 0.6 is 0 Å². The molecule has 0 saturated heterocycles. The van der Waals surface area contributed by atoms with Crippen LogP contribution < -0.4 is 5.48 Å².